The first-order valence-electron chi connectivity index (χ1n) is 17.6. The third-order valence-corrected chi connectivity index (χ3v) is 9.70. The number of nitrogens with one attached hydrogen (secondary N) is 1. The Morgan fingerprint density at radius 2 is 1.73 bits per heavy atom. The van der Waals surface area contributed by atoms with Gasteiger partial charge in [0.1, 0.15) is 36.5 Å². The molecule has 52 heavy (non-hydrogen) atoms. The van der Waals surface area contributed by atoms with Crippen molar-refractivity contribution in [2.75, 3.05) is 33.3 Å². The Balaban J connectivity index is 1.16. The number of hydrogen-bond acceptors (Lipinski definition) is 9. The van der Waals surface area contributed by atoms with Crippen molar-refractivity contribution in [1.82, 2.24) is 25.0 Å². The number of aromatic amines is 1. The lowest BCUT2D eigenvalue weighted by Gasteiger charge is -2.21. The molecule has 1 saturated heterocycles. The molecule has 1 atom stereocenters. The number of aliphatic hydroxyl groups is 1. The summed E-state index contributed by atoms with van der Waals surface area (Å²) in [6.45, 7) is 9.27. The number of likely N-dealkylation sites (tertiary alicyclic amines) is 1. The highest BCUT2D eigenvalue weighted by Crippen LogP contribution is 2.37. The molecule has 1 aliphatic rings. The molecule has 5 aromatic rings. The van der Waals surface area contributed by atoms with Crippen LogP contribution in [0.5, 0.6) is 17.2 Å². The summed E-state index contributed by atoms with van der Waals surface area (Å²) in [4.78, 5) is 8.62. The Morgan fingerprint density at radius 3 is 2.50 bits per heavy atom. The van der Waals surface area contributed by atoms with Crippen LogP contribution in [0.1, 0.15) is 51.8 Å². The fourth-order valence-corrected chi connectivity index (χ4v) is 6.83. The molecule has 3 heterocycles. The number of aromatic nitrogens is 3. The molecule has 0 amide bonds. The van der Waals surface area contributed by atoms with Crippen molar-refractivity contribution in [3.63, 3.8) is 0 Å². The van der Waals surface area contributed by atoms with E-state index in [-0.39, 0.29) is 12.7 Å². The van der Waals surface area contributed by atoms with Gasteiger partial charge in [0.2, 0.25) is 0 Å². The number of H-pyrrole nitrogens is 1. The molecular weight excluding hydrogens is 676 g/mol. The van der Waals surface area contributed by atoms with Gasteiger partial charge in [0, 0.05) is 74.1 Å². The van der Waals surface area contributed by atoms with Crippen LogP contribution in [0.4, 0.5) is 0 Å². The Morgan fingerprint density at radius 1 is 0.923 bits per heavy atom. The highest BCUT2D eigenvalue weighted by molar-refractivity contribution is 6.32. The zero-order chi connectivity index (χ0) is 36.5. The zero-order valence-corrected chi connectivity index (χ0v) is 30.7. The first-order valence-corrected chi connectivity index (χ1v) is 17.9. The van der Waals surface area contributed by atoms with Crippen LogP contribution in [-0.4, -0.2) is 69.5 Å². The molecule has 10 nitrogen and oxygen atoms in total. The van der Waals surface area contributed by atoms with E-state index in [1.807, 2.05) is 37.5 Å². The van der Waals surface area contributed by atoms with Gasteiger partial charge in [-0.05, 0) is 79.8 Å². The number of pyridine rings is 1. The van der Waals surface area contributed by atoms with E-state index in [0.717, 1.165) is 82.7 Å². The van der Waals surface area contributed by atoms with Gasteiger partial charge in [-0.15, -0.1) is 0 Å². The van der Waals surface area contributed by atoms with Crippen molar-refractivity contribution in [3.05, 3.63) is 123 Å². The predicted octanol–water partition coefficient (Wildman–Crippen LogP) is 7.24. The van der Waals surface area contributed by atoms with Crippen molar-refractivity contribution >= 4 is 11.6 Å². The average Bonchev–Trinajstić information content (AvgIpc) is 3.82. The second-order valence-corrected chi connectivity index (χ2v) is 13.8. The van der Waals surface area contributed by atoms with Crippen LogP contribution in [0, 0.1) is 25.2 Å². The van der Waals surface area contributed by atoms with E-state index in [1.54, 1.807) is 18.5 Å². The number of nitriles is 1. The van der Waals surface area contributed by atoms with E-state index in [2.05, 4.69) is 69.2 Å². The molecular formula is C41H45ClN6O4. The molecule has 0 bridgehead atoms. The fraction of sp³-hybridized carbons (Fsp3) is 0.341. The van der Waals surface area contributed by atoms with Gasteiger partial charge >= 0.3 is 0 Å². The standard InChI is InChI=1S/C41H45ClN6O4/c1-28-33(7-4-8-36(28)37-9-5-10-39(29(37)2)50-14-6-12-48-13-11-35(49)25-48)27-52-41-17-40(51-26-31-15-30(18-43)19-44-20-31)34(16-38(41)42)24-47(3)23-32-21-45-46-22-32/h4-5,7-10,15-17,19-22,35,49H,6,11-14,23-27H2,1-3H3,(H,45,46). The summed E-state index contributed by atoms with van der Waals surface area (Å²) in [6, 6.07) is 20.1. The molecule has 2 N–H and O–H groups in total. The van der Waals surface area contributed by atoms with Crippen LogP contribution in [0.3, 0.4) is 0 Å². The fourth-order valence-electron chi connectivity index (χ4n) is 6.59. The molecule has 6 rings (SSSR count). The number of β-amino-alcohol motifs (C(OH)–C–C–N with tert-alkyl or cyclic N) is 1. The molecule has 0 saturated carbocycles. The SMILES string of the molecule is Cc1c(COc2cc(OCc3cncc(C#N)c3)c(CN(C)Cc3cn[nH]c3)cc2Cl)cccc1-c1cccc(OCCCN2CCC(O)C2)c1C. The number of nitrogens with zero attached hydrogens (tertiary/aromatic N) is 5. The third-order valence-electron chi connectivity index (χ3n) is 9.41. The summed E-state index contributed by atoms with van der Waals surface area (Å²) in [5.41, 5.74) is 8.72. The highest BCUT2D eigenvalue weighted by Gasteiger charge is 2.20. The third kappa shape index (κ3) is 9.49. The lowest BCUT2D eigenvalue weighted by atomic mass is 9.93. The Hall–Kier alpha value is -4.92. The monoisotopic (exact) mass is 720 g/mol. The molecule has 2 aromatic heterocycles. The molecule has 270 valence electrons. The van der Waals surface area contributed by atoms with Crippen molar-refractivity contribution in [2.24, 2.45) is 0 Å². The van der Waals surface area contributed by atoms with Crippen LogP contribution < -0.4 is 14.2 Å². The number of rotatable bonds is 16. The van der Waals surface area contributed by atoms with E-state index in [4.69, 9.17) is 25.8 Å². The van der Waals surface area contributed by atoms with Crippen LogP contribution >= 0.6 is 11.6 Å². The average molecular weight is 721 g/mol. The Labute approximate surface area is 310 Å². The maximum atomic E-state index is 9.80. The number of ether oxygens (including phenoxy) is 3. The summed E-state index contributed by atoms with van der Waals surface area (Å²) < 4.78 is 19.0. The van der Waals surface area contributed by atoms with Crippen LogP contribution in [0.25, 0.3) is 11.1 Å². The van der Waals surface area contributed by atoms with Crippen molar-refractivity contribution in [2.45, 2.75) is 59.1 Å². The quantitative estimate of drug-likeness (QED) is 0.102. The second kappa shape index (κ2) is 17.5. The van der Waals surface area contributed by atoms with Gasteiger partial charge in [-0.3, -0.25) is 15.0 Å². The lowest BCUT2D eigenvalue weighted by Crippen LogP contribution is -2.24. The van der Waals surface area contributed by atoms with Gasteiger partial charge in [0.05, 0.1) is 29.5 Å². The van der Waals surface area contributed by atoms with E-state index in [9.17, 15) is 10.4 Å². The van der Waals surface area contributed by atoms with Gasteiger partial charge in [0.25, 0.3) is 0 Å². The minimum Gasteiger partial charge on any atom is -0.493 e. The zero-order valence-electron chi connectivity index (χ0n) is 29.9. The van der Waals surface area contributed by atoms with Gasteiger partial charge < -0.3 is 24.2 Å². The van der Waals surface area contributed by atoms with Gasteiger partial charge in [0.15, 0.2) is 0 Å². The van der Waals surface area contributed by atoms with Crippen molar-refractivity contribution in [3.8, 4) is 34.4 Å². The van der Waals surface area contributed by atoms with Crippen LogP contribution in [0.2, 0.25) is 5.02 Å². The molecule has 3 aromatic carbocycles. The minimum atomic E-state index is -0.201. The summed E-state index contributed by atoms with van der Waals surface area (Å²) in [6.07, 6.45) is 8.47. The van der Waals surface area contributed by atoms with E-state index in [1.165, 1.54) is 6.20 Å². The van der Waals surface area contributed by atoms with E-state index >= 15 is 0 Å². The van der Waals surface area contributed by atoms with Crippen molar-refractivity contribution in [1.29, 1.82) is 5.26 Å². The summed E-state index contributed by atoms with van der Waals surface area (Å²) >= 11 is 6.86. The summed E-state index contributed by atoms with van der Waals surface area (Å²) in [7, 11) is 2.02. The Kier molecular flexibility index (Phi) is 12.4. The maximum absolute atomic E-state index is 9.80. The molecule has 0 aliphatic carbocycles. The normalized spacial score (nSPS) is 14.4. The number of halogens is 1. The summed E-state index contributed by atoms with van der Waals surface area (Å²) in [5, 5.41) is 26.5. The Bertz CT molecular complexity index is 2000. The van der Waals surface area contributed by atoms with Crippen LogP contribution in [-0.2, 0) is 26.3 Å². The minimum absolute atomic E-state index is 0.201. The van der Waals surface area contributed by atoms with E-state index in [0.29, 0.717) is 48.4 Å². The van der Waals surface area contributed by atoms with Gasteiger partial charge in [-0.25, -0.2) is 0 Å². The molecule has 11 heteroatoms. The molecule has 1 fully saturated rings. The highest BCUT2D eigenvalue weighted by atomic mass is 35.5. The maximum Gasteiger partial charge on any atom is 0.142 e. The topological polar surface area (TPSA) is 120 Å². The number of aliphatic hydroxyl groups excluding tert-OH is 1. The molecule has 0 radical (unpaired) electrons. The predicted molar refractivity (Wildman–Crippen MR) is 201 cm³/mol. The van der Waals surface area contributed by atoms with Gasteiger partial charge in [-0.2, -0.15) is 10.4 Å². The molecule has 1 aliphatic heterocycles. The summed E-state index contributed by atoms with van der Waals surface area (Å²) in [5.74, 6) is 2.03. The number of hydrogen-bond donors (Lipinski definition) is 2. The number of benzene rings is 3. The lowest BCUT2D eigenvalue weighted by molar-refractivity contribution is 0.173. The first kappa shape index (κ1) is 36.9. The van der Waals surface area contributed by atoms with E-state index < -0.39 is 0 Å². The molecule has 1 unspecified atom stereocenters. The van der Waals surface area contributed by atoms with Crippen LogP contribution in [0.15, 0.2) is 79.4 Å². The molecule has 0 spiro atoms. The van der Waals surface area contributed by atoms with Crippen molar-refractivity contribution < 1.29 is 19.3 Å². The second-order valence-electron chi connectivity index (χ2n) is 13.4. The first-order chi connectivity index (χ1) is 25.3. The van der Waals surface area contributed by atoms with Gasteiger partial charge in [-0.1, -0.05) is 41.9 Å². The smallest absolute Gasteiger partial charge is 0.142 e. The largest absolute Gasteiger partial charge is 0.493 e.